The molecule has 0 atom stereocenters. The van der Waals surface area contributed by atoms with Crippen LogP contribution in [0.1, 0.15) is 38.0 Å². The Bertz CT molecular complexity index is 1430. The predicted octanol–water partition coefficient (Wildman–Crippen LogP) is 5.25. The molecule has 8 nitrogen and oxygen atoms in total. The monoisotopic (exact) mass is 519 g/mol. The minimum atomic E-state index is -4.90. The molecule has 0 spiro atoms. The van der Waals surface area contributed by atoms with E-state index in [0.717, 1.165) is 13.1 Å². The molecule has 15 heteroatoms. The molecule has 0 saturated heterocycles. The van der Waals surface area contributed by atoms with Crippen LogP contribution in [-0.2, 0) is 13.2 Å². The minimum Gasteiger partial charge on any atom is -0.464 e. The predicted molar refractivity (Wildman–Crippen MR) is 112 cm³/mol. The maximum Gasteiger partial charge on any atom is 0.434 e. The summed E-state index contributed by atoms with van der Waals surface area (Å²) in [5.41, 5.74) is 2.43. The molecule has 0 unspecified atom stereocenters. The van der Waals surface area contributed by atoms with Crippen LogP contribution >= 0.6 is 22.9 Å². The highest BCUT2D eigenvalue weighted by Crippen LogP contribution is 2.43. The number of nitrogens with two attached hydrogens (primary N) is 1. The topological polar surface area (TPSA) is 116 Å². The summed E-state index contributed by atoms with van der Waals surface area (Å²) >= 11 is 6.39. The van der Waals surface area contributed by atoms with Gasteiger partial charge in [-0.3, -0.25) is 14.3 Å². The molecule has 3 N–H and O–H groups in total. The first-order valence-corrected chi connectivity index (χ1v) is 10.3. The van der Waals surface area contributed by atoms with Gasteiger partial charge in [0.1, 0.15) is 26.2 Å². The number of pyridine rings is 1. The summed E-state index contributed by atoms with van der Waals surface area (Å²) in [5.74, 6) is -2.12. The first-order chi connectivity index (χ1) is 15.9. The number of carbonyl (C=O) groups is 2. The first-order valence-electron chi connectivity index (χ1n) is 9.10. The number of aromatic nitrogens is 3. The fourth-order valence-electron chi connectivity index (χ4n) is 3.27. The number of hydrogen-bond donors (Lipinski definition) is 2. The Hall–Kier alpha value is -3.52. The van der Waals surface area contributed by atoms with Crippen LogP contribution in [0.15, 0.2) is 28.9 Å². The zero-order valence-electron chi connectivity index (χ0n) is 16.7. The molecule has 0 aliphatic carbocycles. The Morgan fingerprint density at radius 3 is 2.56 bits per heavy atom. The van der Waals surface area contributed by atoms with Crippen LogP contribution in [0.25, 0.3) is 21.5 Å². The van der Waals surface area contributed by atoms with Crippen molar-refractivity contribution in [1.82, 2.24) is 14.8 Å². The molecule has 0 bridgehead atoms. The third kappa shape index (κ3) is 3.98. The lowest BCUT2D eigenvalue weighted by Gasteiger charge is -2.09. The van der Waals surface area contributed by atoms with Crippen molar-refractivity contribution in [3.05, 3.63) is 51.4 Å². The minimum absolute atomic E-state index is 0.0228. The second-order valence-corrected chi connectivity index (χ2v) is 8.19. The van der Waals surface area contributed by atoms with Crippen molar-refractivity contribution in [2.75, 3.05) is 5.32 Å². The van der Waals surface area contributed by atoms with Gasteiger partial charge in [-0.2, -0.15) is 18.3 Å². The molecular formula is C19H11ClF5N5O3S. The number of carbonyl (C=O) groups excluding carboxylic acids is 2. The van der Waals surface area contributed by atoms with Gasteiger partial charge >= 0.3 is 6.18 Å². The van der Waals surface area contributed by atoms with Crippen molar-refractivity contribution in [1.29, 1.82) is 0 Å². The van der Waals surface area contributed by atoms with E-state index in [1.807, 2.05) is 0 Å². The van der Waals surface area contributed by atoms with E-state index < -0.39 is 46.5 Å². The summed E-state index contributed by atoms with van der Waals surface area (Å²) in [6.07, 6.45) is -6.59. The molecule has 0 aromatic carbocycles. The van der Waals surface area contributed by atoms with Crippen LogP contribution in [0.2, 0.25) is 5.02 Å². The van der Waals surface area contributed by atoms with Crippen molar-refractivity contribution in [3.8, 4) is 11.3 Å². The van der Waals surface area contributed by atoms with E-state index in [1.165, 1.54) is 18.4 Å². The van der Waals surface area contributed by atoms with Crippen molar-refractivity contribution >= 4 is 50.7 Å². The molecule has 0 saturated carbocycles. The normalized spacial score (nSPS) is 12.0. The van der Waals surface area contributed by atoms with E-state index in [4.69, 9.17) is 21.8 Å². The van der Waals surface area contributed by atoms with Crippen molar-refractivity contribution in [2.45, 2.75) is 12.6 Å². The largest absolute Gasteiger partial charge is 0.464 e. The maximum absolute atomic E-state index is 13.4. The number of furan rings is 1. The average molecular weight is 520 g/mol. The molecule has 34 heavy (non-hydrogen) atoms. The second kappa shape index (κ2) is 8.36. The summed E-state index contributed by atoms with van der Waals surface area (Å²) < 4.78 is 72.3. The summed E-state index contributed by atoms with van der Waals surface area (Å²) in [6.45, 7) is 0. The molecule has 4 heterocycles. The Morgan fingerprint density at radius 2 is 2.03 bits per heavy atom. The standard InChI is InChI=1S/C19H11ClF5N5O3S/c1-30-14(19(23,24)25)10(20)12(29-30)17(32)28-11-9-6(8-3-2-4-33-8)5-7(15(21)22)27-18(9)34-13(11)16(26)31/h2-5,15H,1H3,(H2,26,31)(H,28,32). The molecule has 0 radical (unpaired) electrons. The Labute approximate surface area is 195 Å². The summed E-state index contributed by atoms with van der Waals surface area (Å²) in [6, 6.07) is 3.94. The van der Waals surface area contributed by atoms with Crippen molar-refractivity contribution < 1.29 is 36.0 Å². The summed E-state index contributed by atoms with van der Waals surface area (Å²) in [7, 11) is 0.950. The van der Waals surface area contributed by atoms with Gasteiger partial charge in [-0.25, -0.2) is 13.8 Å². The molecule has 4 aromatic heterocycles. The van der Waals surface area contributed by atoms with Gasteiger partial charge in [0.05, 0.1) is 12.0 Å². The van der Waals surface area contributed by atoms with Gasteiger partial charge in [0, 0.05) is 18.0 Å². The maximum atomic E-state index is 13.4. The molecule has 178 valence electrons. The molecule has 0 aliphatic heterocycles. The van der Waals surface area contributed by atoms with Gasteiger partial charge in [0.15, 0.2) is 11.4 Å². The third-order valence-electron chi connectivity index (χ3n) is 4.63. The van der Waals surface area contributed by atoms with Gasteiger partial charge in [-0.1, -0.05) is 11.6 Å². The van der Waals surface area contributed by atoms with E-state index in [9.17, 15) is 31.5 Å². The van der Waals surface area contributed by atoms with Crippen LogP contribution in [-0.4, -0.2) is 26.6 Å². The highest BCUT2D eigenvalue weighted by atomic mass is 35.5. The fourth-order valence-corrected chi connectivity index (χ4v) is 4.64. The number of primary amides is 1. The quantitative estimate of drug-likeness (QED) is 0.349. The zero-order valence-corrected chi connectivity index (χ0v) is 18.3. The second-order valence-electron chi connectivity index (χ2n) is 6.81. The number of halogens is 6. The molecule has 0 aliphatic rings. The van der Waals surface area contributed by atoms with Gasteiger partial charge in [0.25, 0.3) is 18.2 Å². The average Bonchev–Trinajstić information content (AvgIpc) is 3.44. The van der Waals surface area contributed by atoms with E-state index in [1.54, 1.807) is 0 Å². The number of nitrogens with zero attached hydrogens (tertiary/aromatic N) is 3. The number of hydrogen-bond acceptors (Lipinski definition) is 6. The summed E-state index contributed by atoms with van der Waals surface area (Å²) in [4.78, 5) is 28.4. The lowest BCUT2D eigenvalue weighted by molar-refractivity contribution is -0.143. The number of amides is 2. The SMILES string of the molecule is Cn1nc(C(=O)Nc2c(C(N)=O)sc3nc(C(F)F)cc(-c4ccco4)c23)c(Cl)c1C(F)(F)F. The van der Waals surface area contributed by atoms with Gasteiger partial charge < -0.3 is 15.5 Å². The van der Waals surface area contributed by atoms with Crippen molar-refractivity contribution in [3.63, 3.8) is 0 Å². The number of aryl methyl sites for hydroxylation is 1. The third-order valence-corrected chi connectivity index (χ3v) is 6.08. The van der Waals surface area contributed by atoms with Crippen LogP contribution in [0.3, 0.4) is 0 Å². The van der Waals surface area contributed by atoms with E-state index in [0.29, 0.717) is 16.0 Å². The number of thiophene rings is 1. The van der Waals surface area contributed by atoms with E-state index in [2.05, 4.69) is 15.4 Å². The number of fused-ring (bicyclic) bond motifs is 1. The molecule has 2 amide bonds. The lowest BCUT2D eigenvalue weighted by Crippen LogP contribution is -2.17. The molecule has 4 rings (SSSR count). The van der Waals surface area contributed by atoms with Crippen LogP contribution in [0.5, 0.6) is 0 Å². The Kier molecular flexibility index (Phi) is 5.81. The van der Waals surface area contributed by atoms with E-state index in [-0.39, 0.29) is 32.1 Å². The number of anilines is 1. The Morgan fingerprint density at radius 1 is 1.32 bits per heavy atom. The molecular weight excluding hydrogens is 509 g/mol. The van der Waals surface area contributed by atoms with Crippen molar-refractivity contribution in [2.24, 2.45) is 12.8 Å². The van der Waals surface area contributed by atoms with Gasteiger partial charge in [0.2, 0.25) is 0 Å². The van der Waals surface area contributed by atoms with Gasteiger partial charge in [-0.05, 0) is 18.2 Å². The number of rotatable bonds is 5. The van der Waals surface area contributed by atoms with Crippen LogP contribution < -0.4 is 11.1 Å². The van der Waals surface area contributed by atoms with Gasteiger partial charge in [-0.15, -0.1) is 11.3 Å². The van der Waals surface area contributed by atoms with Crippen LogP contribution in [0.4, 0.5) is 27.6 Å². The molecule has 0 fully saturated rings. The summed E-state index contributed by atoms with van der Waals surface area (Å²) in [5, 5.41) is 4.88. The van der Waals surface area contributed by atoms with Crippen LogP contribution in [0, 0.1) is 0 Å². The van der Waals surface area contributed by atoms with E-state index >= 15 is 0 Å². The first kappa shape index (κ1) is 23.6. The highest BCUT2D eigenvalue weighted by Gasteiger charge is 2.40. The smallest absolute Gasteiger partial charge is 0.434 e. The highest BCUT2D eigenvalue weighted by molar-refractivity contribution is 7.21. The zero-order chi connectivity index (χ0) is 24.9. The number of alkyl halides is 5. The fraction of sp³-hybridized carbons (Fsp3) is 0.158. The Balaban J connectivity index is 1.92. The number of nitrogens with one attached hydrogen (secondary N) is 1. The molecule has 4 aromatic rings. The lowest BCUT2D eigenvalue weighted by atomic mass is 10.1.